The molecule has 0 aliphatic rings. The van der Waals surface area contributed by atoms with Crippen molar-refractivity contribution >= 4 is 16.7 Å². The normalized spacial score (nSPS) is 10.7. The second-order valence-electron chi connectivity index (χ2n) is 5.11. The first-order valence-corrected chi connectivity index (χ1v) is 7.25. The van der Waals surface area contributed by atoms with E-state index in [1.54, 1.807) is 6.07 Å². The molecule has 1 amide bonds. The Kier molecular flexibility index (Phi) is 4.16. The van der Waals surface area contributed by atoms with Gasteiger partial charge in [-0.15, -0.1) is 0 Å². The van der Waals surface area contributed by atoms with Gasteiger partial charge < -0.3 is 0 Å². The van der Waals surface area contributed by atoms with Gasteiger partial charge in [-0.3, -0.25) is 15.0 Å². The number of aromatic nitrogens is 2. The van der Waals surface area contributed by atoms with Crippen molar-refractivity contribution in [3.8, 4) is 11.3 Å². The number of nitrogens with one attached hydrogen (secondary N) is 1. The van der Waals surface area contributed by atoms with E-state index in [-0.39, 0.29) is 24.4 Å². The highest BCUT2D eigenvalue weighted by Gasteiger charge is 2.12. The molecular weight excluding hydrogens is 292 g/mol. The van der Waals surface area contributed by atoms with Crippen molar-refractivity contribution in [2.45, 2.75) is 13.0 Å². The van der Waals surface area contributed by atoms with Crippen LogP contribution in [0.2, 0.25) is 0 Å². The van der Waals surface area contributed by atoms with Crippen LogP contribution < -0.4 is 16.8 Å². The van der Waals surface area contributed by atoms with Crippen LogP contribution in [-0.2, 0) is 11.3 Å². The first-order chi connectivity index (χ1) is 11.2. The molecule has 6 nitrogen and oxygen atoms in total. The SMILES string of the molecule is NNC(=O)CCn1nc(-c2ccccc2)c2ccccc2c1=O. The van der Waals surface area contributed by atoms with Gasteiger partial charge in [0.1, 0.15) is 0 Å². The Balaban J connectivity index is 2.17. The Bertz CT molecular complexity index is 903. The van der Waals surface area contributed by atoms with E-state index in [1.165, 1.54) is 4.68 Å². The van der Waals surface area contributed by atoms with Crippen LogP contribution >= 0.6 is 0 Å². The van der Waals surface area contributed by atoms with Crippen LogP contribution in [0.3, 0.4) is 0 Å². The van der Waals surface area contributed by atoms with Gasteiger partial charge in [0, 0.05) is 17.4 Å². The molecule has 0 saturated carbocycles. The van der Waals surface area contributed by atoms with E-state index in [4.69, 9.17) is 5.84 Å². The molecule has 3 rings (SSSR count). The molecule has 6 heteroatoms. The lowest BCUT2D eigenvalue weighted by Crippen LogP contribution is -2.32. The fourth-order valence-electron chi connectivity index (χ4n) is 2.48. The molecule has 3 aromatic rings. The van der Waals surface area contributed by atoms with Crippen molar-refractivity contribution in [2.75, 3.05) is 0 Å². The Morgan fingerprint density at radius 3 is 2.39 bits per heavy atom. The fourth-order valence-corrected chi connectivity index (χ4v) is 2.48. The van der Waals surface area contributed by atoms with Crippen LogP contribution in [0.25, 0.3) is 22.0 Å². The number of carbonyl (C=O) groups excluding carboxylic acids is 1. The molecule has 0 unspecified atom stereocenters. The smallest absolute Gasteiger partial charge is 0.274 e. The van der Waals surface area contributed by atoms with Crippen molar-refractivity contribution in [1.29, 1.82) is 0 Å². The van der Waals surface area contributed by atoms with E-state index in [9.17, 15) is 9.59 Å². The summed E-state index contributed by atoms with van der Waals surface area (Å²) in [7, 11) is 0. The molecule has 116 valence electrons. The Morgan fingerprint density at radius 1 is 1.04 bits per heavy atom. The lowest BCUT2D eigenvalue weighted by molar-refractivity contribution is -0.121. The quantitative estimate of drug-likeness (QED) is 0.433. The predicted octanol–water partition coefficient (Wildman–Crippen LogP) is 1.44. The van der Waals surface area contributed by atoms with Crippen LogP contribution in [0.15, 0.2) is 59.4 Å². The molecule has 0 aliphatic carbocycles. The maximum atomic E-state index is 12.6. The number of rotatable bonds is 4. The fraction of sp³-hybridized carbons (Fsp3) is 0.118. The third-order valence-electron chi connectivity index (χ3n) is 3.63. The van der Waals surface area contributed by atoms with Gasteiger partial charge in [-0.1, -0.05) is 48.5 Å². The molecule has 2 aromatic carbocycles. The van der Waals surface area contributed by atoms with E-state index < -0.39 is 0 Å². The average Bonchev–Trinajstić information content (AvgIpc) is 2.61. The zero-order valence-electron chi connectivity index (χ0n) is 12.4. The summed E-state index contributed by atoms with van der Waals surface area (Å²) in [6.45, 7) is 0.173. The second kappa shape index (κ2) is 6.41. The van der Waals surface area contributed by atoms with E-state index in [0.717, 1.165) is 10.9 Å². The number of nitrogens with zero attached hydrogens (tertiary/aromatic N) is 2. The van der Waals surface area contributed by atoms with Crippen LogP contribution in [0.4, 0.5) is 0 Å². The molecule has 23 heavy (non-hydrogen) atoms. The van der Waals surface area contributed by atoms with E-state index >= 15 is 0 Å². The highest BCUT2D eigenvalue weighted by atomic mass is 16.2. The summed E-state index contributed by atoms with van der Waals surface area (Å²) in [6, 6.07) is 17.0. The van der Waals surface area contributed by atoms with E-state index in [0.29, 0.717) is 11.1 Å². The zero-order valence-corrected chi connectivity index (χ0v) is 12.4. The highest BCUT2D eigenvalue weighted by molar-refractivity contribution is 5.93. The summed E-state index contributed by atoms with van der Waals surface area (Å²) in [6.07, 6.45) is 0.0932. The van der Waals surface area contributed by atoms with Crippen molar-refractivity contribution in [2.24, 2.45) is 5.84 Å². The maximum absolute atomic E-state index is 12.6. The number of hydrogen-bond donors (Lipinski definition) is 2. The molecule has 0 fully saturated rings. The third kappa shape index (κ3) is 2.97. The minimum Gasteiger partial charge on any atom is -0.294 e. The molecule has 3 N–H and O–H groups in total. The number of fused-ring (bicyclic) bond motifs is 1. The number of hydrazine groups is 1. The van der Waals surface area contributed by atoms with Crippen LogP contribution in [0.1, 0.15) is 6.42 Å². The van der Waals surface area contributed by atoms with Gasteiger partial charge >= 0.3 is 0 Å². The predicted molar refractivity (Wildman–Crippen MR) is 88.4 cm³/mol. The minimum atomic E-state index is -0.340. The molecular formula is C17H16N4O2. The van der Waals surface area contributed by atoms with Gasteiger partial charge in [-0.2, -0.15) is 5.10 Å². The number of amides is 1. The summed E-state index contributed by atoms with van der Waals surface area (Å²) in [4.78, 5) is 23.9. The molecule has 0 atom stereocenters. The molecule has 0 bridgehead atoms. The molecule has 0 aliphatic heterocycles. The monoisotopic (exact) mass is 308 g/mol. The Hall–Kier alpha value is -2.99. The summed E-state index contributed by atoms with van der Waals surface area (Å²) < 4.78 is 1.32. The Morgan fingerprint density at radius 2 is 1.70 bits per heavy atom. The summed E-state index contributed by atoms with van der Waals surface area (Å²) in [5.74, 6) is 4.74. The van der Waals surface area contributed by atoms with Crippen molar-refractivity contribution in [3.63, 3.8) is 0 Å². The topological polar surface area (TPSA) is 90.0 Å². The molecule has 0 saturated heterocycles. The van der Waals surface area contributed by atoms with Gasteiger partial charge in [0.2, 0.25) is 5.91 Å². The van der Waals surface area contributed by atoms with Gasteiger partial charge in [-0.05, 0) is 6.07 Å². The highest BCUT2D eigenvalue weighted by Crippen LogP contribution is 2.24. The second-order valence-corrected chi connectivity index (χ2v) is 5.11. The maximum Gasteiger partial charge on any atom is 0.274 e. The Labute approximate surface area is 132 Å². The van der Waals surface area contributed by atoms with Crippen LogP contribution in [-0.4, -0.2) is 15.7 Å². The molecule has 1 aromatic heterocycles. The minimum absolute atomic E-state index is 0.0932. The van der Waals surface area contributed by atoms with Crippen LogP contribution in [0.5, 0.6) is 0 Å². The standard InChI is InChI=1S/C17H16N4O2/c18-19-15(22)10-11-21-17(23)14-9-5-4-8-13(14)16(20-21)12-6-2-1-3-7-12/h1-9H,10-11,18H2,(H,19,22). The first kappa shape index (κ1) is 14.9. The molecule has 0 radical (unpaired) electrons. The average molecular weight is 308 g/mol. The van der Waals surface area contributed by atoms with Gasteiger partial charge in [0.05, 0.1) is 17.6 Å². The van der Waals surface area contributed by atoms with Gasteiger partial charge in [-0.25, -0.2) is 10.5 Å². The number of carbonyl (C=O) groups is 1. The van der Waals surface area contributed by atoms with E-state index in [1.807, 2.05) is 48.5 Å². The lowest BCUT2D eigenvalue weighted by Gasteiger charge is -2.11. The van der Waals surface area contributed by atoms with Crippen molar-refractivity contribution in [1.82, 2.24) is 15.2 Å². The lowest BCUT2D eigenvalue weighted by atomic mass is 10.1. The van der Waals surface area contributed by atoms with Crippen molar-refractivity contribution < 1.29 is 4.79 Å². The third-order valence-corrected chi connectivity index (χ3v) is 3.63. The summed E-state index contributed by atoms with van der Waals surface area (Å²) >= 11 is 0. The first-order valence-electron chi connectivity index (χ1n) is 7.25. The number of hydrogen-bond acceptors (Lipinski definition) is 4. The zero-order chi connectivity index (χ0) is 16.2. The van der Waals surface area contributed by atoms with Gasteiger partial charge in [0.25, 0.3) is 5.56 Å². The van der Waals surface area contributed by atoms with Crippen molar-refractivity contribution in [3.05, 3.63) is 65.0 Å². The van der Waals surface area contributed by atoms with Gasteiger partial charge in [0.15, 0.2) is 0 Å². The summed E-state index contributed by atoms with van der Waals surface area (Å²) in [5.41, 5.74) is 3.47. The van der Waals surface area contributed by atoms with E-state index in [2.05, 4.69) is 10.5 Å². The molecule has 1 heterocycles. The largest absolute Gasteiger partial charge is 0.294 e. The van der Waals surface area contributed by atoms with Crippen LogP contribution in [0, 0.1) is 0 Å². The number of aryl methyl sites for hydroxylation is 1. The number of nitrogens with two attached hydrogens (primary N) is 1. The molecule has 0 spiro atoms. The number of benzene rings is 2. The summed E-state index contributed by atoms with van der Waals surface area (Å²) in [5, 5.41) is 5.83.